The van der Waals surface area contributed by atoms with Gasteiger partial charge in [-0.3, -0.25) is 4.79 Å². The predicted molar refractivity (Wildman–Crippen MR) is 82.4 cm³/mol. The minimum absolute atomic E-state index is 0. The summed E-state index contributed by atoms with van der Waals surface area (Å²) in [4.78, 5) is 12.1. The van der Waals surface area contributed by atoms with Gasteiger partial charge >= 0.3 is 0 Å². The first kappa shape index (κ1) is 16.3. The second-order valence-electron chi connectivity index (χ2n) is 4.81. The number of halogens is 1. The number of hydrogen-bond acceptors (Lipinski definition) is 6. The number of hydrogen-bond donors (Lipinski definition) is 2. The van der Waals surface area contributed by atoms with E-state index in [1.807, 2.05) is 25.1 Å². The molecule has 9 heteroatoms. The lowest BCUT2D eigenvalue weighted by Gasteiger charge is -2.22. The van der Waals surface area contributed by atoms with E-state index in [-0.39, 0.29) is 18.3 Å². The maximum absolute atomic E-state index is 12.1. The summed E-state index contributed by atoms with van der Waals surface area (Å²) in [6.45, 7) is 3.80. The van der Waals surface area contributed by atoms with Crippen molar-refractivity contribution in [2.24, 2.45) is 0 Å². The summed E-state index contributed by atoms with van der Waals surface area (Å²) >= 11 is 0. The van der Waals surface area contributed by atoms with E-state index in [0.717, 1.165) is 17.8 Å². The van der Waals surface area contributed by atoms with Gasteiger partial charge in [0.15, 0.2) is 0 Å². The Balaban J connectivity index is 0.00000176. The lowest BCUT2D eigenvalue weighted by molar-refractivity contribution is -0.128. The molecule has 2 N–H and O–H groups in total. The topological polar surface area (TPSA) is 94.0 Å². The third-order valence-corrected chi connectivity index (χ3v) is 3.29. The van der Waals surface area contributed by atoms with E-state index in [4.69, 9.17) is 4.74 Å². The second kappa shape index (κ2) is 7.30. The van der Waals surface area contributed by atoms with E-state index in [9.17, 15) is 4.79 Å². The highest BCUT2D eigenvalue weighted by molar-refractivity contribution is 5.94. The highest BCUT2D eigenvalue weighted by Gasteiger charge is 2.21. The lowest BCUT2D eigenvalue weighted by atomic mass is 10.1. The lowest BCUT2D eigenvalue weighted by Crippen LogP contribution is -2.45. The van der Waals surface area contributed by atoms with Crippen LogP contribution in [0.1, 0.15) is 5.56 Å². The molecule has 0 bridgehead atoms. The van der Waals surface area contributed by atoms with Crippen molar-refractivity contribution in [2.75, 3.05) is 25.0 Å². The molecule has 22 heavy (non-hydrogen) atoms. The van der Waals surface area contributed by atoms with Crippen LogP contribution in [0.15, 0.2) is 24.5 Å². The van der Waals surface area contributed by atoms with Gasteiger partial charge in [-0.05, 0) is 35.0 Å². The Kier molecular flexibility index (Phi) is 5.42. The Morgan fingerprint density at radius 3 is 3.05 bits per heavy atom. The zero-order valence-electron chi connectivity index (χ0n) is 12.0. The number of nitrogens with zero attached hydrogens (tertiary/aromatic N) is 4. The second-order valence-corrected chi connectivity index (χ2v) is 4.81. The normalized spacial score (nSPS) is 17.6. The van der Waals surface area contributed by atoms with Gasteiger partial charge in [0.2, 0.25) is 0 Å². The molecular weight excluding hydrogens is 308 g/mol. The third kappa shape index (κ3) is 3.59. The molecule has 118 valence electrons. The number of nitrogens with one attached hydrogen (secondary N) is 2. The van der Waals surface area contributed by atoms with Crippen LogP contribution in [0.3, 0.4) is 0 Å². The SMILES string of the molecule is Cc1ccc(NC(=O)C2CNCCO2)cc1-n1cnnn1.Cl. The fourth-order valence-corrected chi connectivity index (χ4v) is 2.16. The van der Waals surface area contributed by atoms with Crippen LogP contribution < -0.4 is 10.6 Å². The Hall–Kier alpha value is -2.03. The maximum Gasteiger partial charge on any atom is 0.254 e. The van der Waals surface area contributed by atoms with Crippen molar-refractivity contribution in [3.8, 4) is 5.69 Å². The van der Waals surface area contributed by atoms with Crippen LogP contribution in [0.25, 0.3) is 5.69 Å². The molecule has 0 saturated carbocycles. The van der Waals surface area contributed by atoms with E-state index >= 15 is 0 Å². The van der Waals surface area contributed by atoms with Crippen LogP contribution in [0, 0.1) is 6.92 Å². The third-order valence-electron chi connectivity index (χ3n) is 3.29. The monoisotopic (exact) mass is 324 g/mol. The molecule has 0 aliphatic carbocycles. The molecule has 1 fully saturated rings. The van der Waals surface area contributed by atoms with Gasteiger partial charge in [0.25, 0.3) is 5.91 Å². The van der Waals surface area contributed by atoms with Gasteiger partial charge < -0.3 is 15.4 Å². The fourth-order valence-electron chi connectivity index (χ4n) is 2.16. The smallest absolute Gasteiger partial charge is 0.254 e. The summed E-state index contributed by atoms with van der Waals surface area (Å²) in [7, 11) is 0. The summed E-state index contributed by atoms with van der Waals surface area (Å²) in [5.41, 5.74) is 2.52. The van der Waals surface area contributed by atoms with E-state index in [2.05, 4.69) is 26.2 Å². The largest absolute Gasteiger partial charge is 0.366 e. The quantitative estimate of drug-likeness (QED) is 0.844. The van der Waals surface area contributed by atoms with E-state index in [0.29, 0.717) is 18.8 Å². The molecule has 1 saturated heterocycles. The Bertz CT molecular complexity index is 627. The fraction of sp³-hybridized carbons (Fsp3) is 0.385. The zero-order valence-corrected chi connectivity index (χ0v) is 12.8. The van der Waals surface area contributed by atoms with Crippen LogP contribution in [0.4, 0.5) is 5.69 Å². The van der Waals surface area contributed by atoms with Gasteiger partial charge in [-0.2, -0.15) is 0 Å². The van der Waals surface area contributed by atoms with Crippen molar-refractivity contribution in [3.05, 3.63) is 30.1 Å². The molecule has 1 amide bonds. The number of carbonyl (C=O) groups is 1. The molecule has 1 unspecified atom stereocenters. The minimum atomic E-state index is -0.462. The number of aromatic nitrogens is 4. The molecule has 1 aliphatic heterocycles. The van der Waals surface area contributed by atoms with Crippen LogP contribution in [-0.2, 0) is 9.53 Å². The predicted octanol–water partition coefficient (Wildman–Crippen LogP) is 0.319. The summed E-state index contributed by atoms with van der Waals surface area (Å²) in [5, 5.41) is 17.1. The van der Waals surface area contributed by atoms with Crippen LogP contribution in [0.2, 0.25) is 0 Å². The van der Waals surface area contributed by atoms with E-state index < -0.39 is 6.10 Å². The molecule has 1 aromatic carbocycles. The van der Waals surface area contributed by atoms with Crippen molar-refractivity contribution in [3.63, 3.8) is 0 Å². The summed E-state index contributed by atoms with van der Waals surface area (Å²) in [6.07, 6.45) is 1.05. The molecule has 0 spiro atoms. The Morgan fingerprint density at radius 1 is 1.50 bits per heavy atom. The number of tetrazole rings is 1. The summed E-state index contributed by atoms with van der Waals surface area (Å²) < 4.78 is 6.99. The first-order valence-electron chi connectivity index (χ1n) is 6.71. The van der Waals surface area contributed by atoms with Gasteiger partial charge in [0.05, 0.1) is 12.3 Å². The van der Waals surface area contributed by atoms with Gasteiger partial charge in [-0.15, -0.1) is 17.5 Å². The van der Waals surface area contributed by atoms with Crippen molar-refractivity contribution in [1.82, 2.24) is 25.5 Å². The molecule has 1 atom stereocenters. The standard InChI is InChI=1S/C13H16N6O2.ClH/c1-9-2-3-10(6-11(9)19-8-15-17-18-19)16-13(20)12-7-14-4-5-21-12;/h2-3,6,8,12,14H,4-5,7H2,1H3,(H,16,20);1H. The average molecular weight is 325 g/mol. The first-order chi connectivity index (χ1) is 10.2. The van der Waals surface area contributed by atoms with Crippen molar-refractivity contribution in [2.45, 2.75) is 13.0 Å². The van der Waals surface area contributed by atoms with Crippen LogP contribution >= 0.6 is 12.4 Å². The van der Waals surface area contributed by atoms with Crippen molar-refractivity contribution >= 4 is 24.0 Å². The Morgan fingerprint density at radius 2 is 2.36 bits per heavy atom. The first-order valence-corrected chi connectivity index (χ1v) is 6.71. The van der Waals surface area contributed by atoms with Gasteiger partial charge in [-0.25, -0.2) is 4.68 Å². The van der Waals surface area contributed by atoms with E-state index in [1.165, 1.54) is 6.33 Å². The number of ether oxygens (including phenoxy) is 1. The number of aryl methyl sites for hydroxylation is 1. The molecule has 8 nitrogen and oxygen atoms in total. The zero-order chi connectivity index (χ0) is 14.7. The number of morpholine rings is 1. The molecule has 0 radical (unpaired) electrons. The molecular formula is C13H17ClN6O2. The van der Waals surface area contributed by atoms with Gasteiger partial charge in [0, 0.05) is 18.8 Å². The molecule has 2 aromatic rings. The molecule has 3 rings (SSSR count). The Labute approximate surface area is 133 Å². The van der Waals surface area contributed by atoms with Crippen LogP contribution in [0.5, 0.6) is 0 Å². The van der Waals surface area contributed by atoms with Crippen molar-refractivity contribution < 1.29 is 9.53 Å². The highest BCUT2D eigenvalue weighted by Crippen LogP contribution is 2.18. The minimum Gasteiger partial charge on any atom is -0.366 e. The molecule has 1 aromatic heterocycles. The van der Waals surface area contributed by atoms with E-state index in [1.54, 1.807) is 4.68 Å². The van der Waals surface area contributed by atoms with Gasteiger partial charge in [0.1, 0.15) is 12.4 Å². The highest BCUT2D eigenvalue weighted by atomic mass is 35.5. The number of anilines is 1. The number of amides is 1. The van der Waals surface area contributed by atoms with Gasteiger partial charge in [-0.1, -0.05) is 6.07 Å². The van der Waals surface area contributed by atoms with Crippen molar-refractivity contribution in [1.29, 1.82) is 0 Å². The average Bonchev–Trinajstić information content (AvgIpc) is 3.04. The molecule has 1 aliphatic rings. The summed E-state index contributed by atoms with van der Waals surface area (Å²) in [5.74, 6) is -0.159. The number of carbonyl (C=O) groups excluding carboxylic acids is 1. The summed E-state index contributed by atoms with van der Waals surface area (Å²) in [6, 6.07) is 5.59. The number of rotatable bonds is 3. The maximum atomic E-state index is 12.1. The number of benzene rings is 1. The molecule has 2 heterocycles. The van der Waals surface area contributed by atoms with Crippen LogP contribution in [-0.4, -0.2) is 51.9 Å².